The Labute approximate surface area is 130 Å². The van der Waals surface area contributed by atoms with Crippen molar-refractivity contribution in [2.75, 3.05) is 6.54 Å². The van der Waals surface area contributed by atoms with E-state index in [1.807, 2.05) is 13.0 Å². The van der Waals surface area contributed by atoms with Gasteiger partial charge in [0.25, 0.3) is 0 Å². The molecule has 1 aliphatic heterocycles. The maximum absolute atomic E-state index is 11.8. The summed E-state index contributed by atoms with van der Waals surface area (Å²) in [5.74, 6) is 0.196. The van der Waals surface area contributed by atoms with Gasteiger partial charge >= 0.3 is 5.63 Å². The Morgan fingerprint density at radius 2 is 2.09 bits per heavy atom. The fraction of sp³-hybridized carbons (Fsp3) is 0.500. The fourth-order valence-electron chi connectivity index (χ4n) is 3.33. The Hall–Kier alpha value is -1.81. The summed E-state index contributed by atoms with van der Waals surface area (Å²) >= 11 is 0. The number of nitrogens with zero attached hydrogens (tertiary/aromatic N) is 1. The standard InChI is InChI=1S/C18H23NO3/c1-3-13-8-15-14(11-19-7-5-4-6-12(19)2)9-18(21)22-17(15)10-16(13)20/h8-10,12,20H,3-7,11H2,1-2H3. The first kappa shape index (κ1) is 15.1. The Morgan fingerprint density at radius 1 is 1.27 bits per heavy atom. The van der Waals surface area contributed by atoms with Crippen LogP contribution in [0.2, 0.25) is 0 Å². The van der Waals surface area contributed by atoms with Crippen LogP contribution in [0.4, 0.5) is 0 Å². The van der Waals surface area contributed by atoms with Gasteiger partial charge in [0.15, 0.2) is 0 Å². The summed E-state index contributed by atoms with van der Waals surface area (Å²) in [5.41, 5.74) is 2.00. The average molecular weight is 301 g/mol. The monoisotopic (exact) mass is 301 g/mol. The lowest BCUT2D eigenvalue weighted by atomic mass is 10.0. The minimum Gasteiger partial charge on any atom is -0.508 e. The zero-order valence-corrected chi connectivity index (χ0v) is 13.3. The third-order valence-corrected chi connectivity index (χ3v) is 4.72. The molecule has 1 aliphatic rings. The molecule has 1 atom stereocenters. The Morgan fingerprint density at radius 3 is 2.82 bits per heavy atom. The van der Waals surface area contributed by atoms with Gasteiger partial charge in [-0.3, -0.25) is 4.90 Å². The summed E-state index contributed by atoms with van der Waals surface area (Å²) in [4.78, 5) is 14.3. The number of aromatic hydroxyl groups is 1. The van der Waals surface area contributed by atoms with Crippen LogP contribution in [0.5, 0.6) is 5.75 Å². The van der Waals surface area contributed by atoms with Crippen molar-refractivity contribution in [1.29, 1.82) is 0 Å². The molecule has 2 heterocycles. The van der Waals surface area contributed by atoms with Crippen LogP contribution in [0.1, 0.15) is 44.2 Å². The third kappa shape index (κ3) is 2.88. The maximum atomic E-state index is 11.8. The van der Waals surface area contributed by atoms with Crippen molar-refractivity contribution in [1.82, 2.24) is 4.90 Å². The maximum Gasteiger partial charge on any atom is 0.336 e. The van der Waals surface area contributed by atoms with E-state index in [1.54, 1.807) is 12.1 Å². The van der Waals surface area contributed by atoms with Crippen molar-refractivity contribution in [3.05, 3.63) is 39.7 Å². The SMILES string of the molecule is CCc1cc2c(CN3CCCCC3C)cc(=O)oc2cc1O. The lowest BCUT2D eigenvalue weighted by molar-refractivity contribution is 0.153. The first-order valence-corrected chi connectivity index (χ1v) is 8.11. The van der Waals surface area contributed by atoms with Gasteiger partial charge in [0.2, 0.25) is 0 Å². The summed E-state index contributed by atoms with van der Waals surface area (Å²) in [5, 5.41) is 10.9. The highest BCUT2D eigenvalue weighted by atomic mass is 16.4. The van der Waals surface area contributed by atoms with Gasteiger partial charge in [-0.05, 0) is 49.9 Å². The lowest BCUT2D eigenvalue weighted by Crippen LogP contribution is -2.36. The van der Waals surface area contributed by atoms with Crippen molar-refractivity contribution >= 4 is 11.0 Å². The quantitative estimate of drug-likeness (QED) is 0.882. The molecule has 0 saturated carbocycles. The molecule has 0 radical (unpaired) electrons. The van der Waals surface area contributed by atoms with E-state index in [9.17, 15) is 9.90 Å². The lowest BCUT2D eigenvalue weighted by Gasteiger charge is -2.33. The minimum atomic E-state index is -0.351. The highest BCUT2D eigenvalue weighted by Crippen LogP contribution is 2.28. The largest absolute Gasteiger partial charge is 0.508 e. The molecule has 1 saturated heterocycles. The summed E-state index contributed by atoms with van der Waals surface area (Å²) < 4.78 is 5.26. The second-order valence-corrected chi connectivity index (χ2v) is 6.24. The van der Waals surface area contributed by atoms with Crippen molar-refractivity contribution in [2.24, 2.45) is 0 Å². The first-order valence-electron chi connectivity index (χ1n) is 8.11. The zero-order valence-electron chi connectivity index (χ0n) is 13.3. The summed E-state index contributed by atoms with van der Waals surface area (Å²) in [7, 11) is 0. The van der Waals surface area contributed by atoms with Gasteiger partial charge < -0.3 is 9.52 Å². The van der Waals surface area contributed by atoms with E-state index in [0.717, 1.165) is 36.0 Å². The molecule has 1 N–H and O–H groups in total. The Balaban J connectivity index is 2.05. The Bertz CT molecular complexity index is 735. The van der Waals surface area contributed by atoms with E-state index in [2.05, 4.69) is 11.8 Å². The van der Waals surface area contributed by atoms with Crippen LogP contribution in [0.15, 0.2) is 27.4 Å². The van der Waals surface area contributed by atoms with Crippen LogP contribution >= 0.6 is 0 Å². The van der Waals surface area contributed by atoms with Crippen LogP contribution in [0, 0.1) is 0 Å². The van der Waals surface area contributed by atoms with Crippen molar-refractivity contribution in [2.45, 2.75) is 52.1 Å². The number of fused-ring (bicyclic) bond motifs is 1. The van der Waals surface area contributed by atoms with Gasteiger partial charge in [0.05, 0.1) is 0 Å². The van der Waals surface area contributed by atoms with Gasteiger partial charge in [-0.25, -0.2) is 4.79 Å². The van der Waals surface area contributed by atoms with Gasteiger partial charge in [-0.2, -0.15) is 0 Å². The molecule has 3 rings (SSSR count). The number of hydrogen-bond acceptors (Lipinski definition) is 4. The van der Waals surface area contributed by atoms with Crippen LogP contribution in [-0.2, 0) is 13.0 Å². The molecule has 2 aromatic rings. The molecule has 22 heavy (non-hydrogen) atoms. The normalized spacial score (nSPS) is 19.6. The second-order valence-electron chi connectivity index (χ2n) is 6.24. The molecule has 0 bridgehead atoms. The van der Waals surface area contributed by atoms with Crippen LogP contribution < -0.4 is 5.63 Å². The molecular weight excluding hydrogens is 278 g/mol. The van der Waals surface area contributed by atoms with Gasteiger partial charge in [-0.15, -0.1) is 0 Å². The third-order valence-electron chi connectivity index (χ3n) is 4.72. The molecular formula is C18H23NO3. The predicted molar refractivity (Wildman–Crippen MR) is 87.2 cm³/mol. The number of rotatable bonds is 3. The van der Waals surface area contributed by atoms with Gasteiger partial charge in [0.1, 0.15) is 11.3 Å². The number of hydrogen-bond donors (Lipinski definition) is 1. The number of phenols is 1. The topological polar surface area (TPSA) is 53.7 Å². The molecule has 0 spiro atoms. The van der Waals surface area contributed by atoms with E-state index in [-0.39, 0.29) is 11.4 Å². The first-order chi connectivity index (χ1) is 10.6. The molecule has 1 unspecified atom stereocenters. The van der Waals surface area contributed by atoms with Gasteiger partial charge in [-0.1, -0.05) is 13.3 Å². The minimum absolute atomic E-state index is 0.196. The van der Waals surface area contributed by atoms with Crippen LogP contribution in [-0.4, -0.2) is 22.6 Å². The Kier molecular flexibility index (Phi) is 4.21. The van der Waals surface area contributed by atoms with E-state index < -0.39 is 0 Å². The van der Waals surface area contributed by atoms with E-state index in [4.69, 9.17) is 4.42 Å². The van der Waals surface area contributed by atoms with E-state index >= 15 is 0 Å². The highest BCUT2D eigenvalue weighted by Gasteiger charge is 2.20. The number of benzene rings is 1. The van der Waals surface area contributed by atoms with Crippen molar-refractivity contribution in [3.63, 3.8) is 0 Å². The number of aryl methyl sites for hydroxylation is 1. The molecule has 0 amide bonds. The molecule has 4 heteroatoms. The molecule has 1 aromatic heterocycles. The number of piperidine rings is 1. The number of phenolic OH excluding ortho intramolecular Hbond substituents is 1. The predicted octanol–water partition coefficient (Wildman–Crippen LogP) is 3.44. The smallest absolute Gasteiger partial charge is 0.336 e. The van der Waals surface area contributed by atoms with Crippen molar-refractivity contribution in [3.8, 4) is 5.75 Å². The van der Waals surface area contributed by atoms with Crippen molar-refractivity contribution < 1.29 is 9.52 Å². The molecule has 1 fully saturated rings. The fourth-order valence-corrected chi connectivity index (χ4v) is 3.33. The average Bonchev–Trinajstić information content (AvgIpc) is 2.48. The number of likely N-dealkylation sites (tertiary alicyclic amines) is 1. The molecule has 118 valence electrons. The van der Waals surface area contributed by atoms with E-state index in [1.165, 1.54) is 19.3 Å². The summed E-state index contributed by atoms with van der Waals surface area (Å²) in [6.45, 7) is 6.08. The zero-order chi connectivity index (χ0) is 15.7. The van der Waals surface area contributed by atoms with Gasteiger partial charge in [0, 0.05) is 30.1 Å². The molecule has 0 aliphatic carbocycles. The van der Waals surface area contributed by atoms with Crippen LogP contribution in [0.25, 0.3) is 11.0 Å². The highest BCUT2D eigenvalue weighted by molar-refractivity contribution is 5.82. The summed E-state index contributed by atoms with van der Waals surface area (Å²) in [6.07, 6.45) is 4.45. The molecule has 4 nitrogen and oxygen atoms in total. The van der Waals surface area contributed by atoms with E-state index in [0.29, 0.717) is 11.6 Å². The molecule has 1 aromatic carbocycles. The summed E-state index contributed by atoms with van der Waals surface area (Å²) in [6, 6.07) is 5.66. The van der Waals surface area contributed by atoms with Crippen LogP contribution in [0.3, 0.4) is 0 Å². The second kappa shape index (κ2) is 6.13.